The van der Waals surface area contributed by atoms with Gasteiger partial charge in [0.2, 0.25) is 0 Å². The van der Waals surface area contributed by atoms with Gasteiger partial charge in [0, 0.05) is 23.8 Å². The minimum Gasteiger partial charge on any atom is -0.460 e. The summed E-state index contributed by atoms with van der Waals surface area (Å²) in [5.74, 6) is 0.180. The van der Waals surface area contributed by atoms with Crippen molar-refractivity contribution in [2.24, 2.45) is 7.05 Å². The maximum atomic E-state index is 12.9. The molecule has 0 spiro atoms. The number of carbonyl (C=O) groups excluding carboxylic acids is 1. The molecule has 0 aliphatic rings. The smallest absolute Gasteiger partial charge is 0.329 e. The molecular formula is C19H15ClN4O4. The highest BCUT2D eigenvalue weighted by Gasteiger charge is 2.18. The first kappa shape index (κ1) is 18.0. The van der Waals surface area contributed by atoms with E-state index in [-0.39, 0.29) is 16.6 Å². The summed E-state index contributed by atoms with van der Waals surface area (Å²) in [6.45, 7) is 3.48. The maximum Gasteiger partial charge on any atom is 0.329 e. The highest BCUT2D eigenvalue weighted by molar-refractivity contribution is 6.35. The monoisotopic (exact) mass is 398 g/mol. The van der Waals surface area contributed by atoms with Crippen molar-refractivity contribution in [3.8, 4) is 0 Å². The predicted molar refractivity (Wildman–Crippen MR) is 106 cm³/mol. The first-order valence-corrected chi connectivity index (χ1v) is 8.74. The zero-order valence-corrected chi connectivity index (χ0v) is 16.0. The van der Waals surface area contributed by atoms with Gasteiger partial charge in [0.05, 0.1) is 16.0 Å². The number of fused-ring (bicyclic) bond motifs is 2. The number of benzene rings is 1. The molecule has 9 heteroatoms. The summed E-state index contributed by atoms with van der Waals surface area (Å²) >= 11 is 6.24. The fraction of sp³-hybridized carbons (Fsp3) is 0.158. The van der Waals surface area contributed by atoms with E-state index in [1.54, 1.807) is 26.0 Å². The molecule has 3 aromatic heterocycles. The van der Waals surface area contributed by atoms with Crippen LogP contribution in [0.3, 0.4) is 0 Å². The molecule has 0 atom stereocenters. The molecule has 2 N–H and O–H groups in total. The Morgan fingerprint density at radius 2 is 1.96 bits per heavy atom. The van der Waals surface area contributed by atoms with E-state index in [1.165, 1.54) is 17.7 Å². The van der Waals surface area contributed by atoms with E-state index in [0.29, 0.717) is 27.7 Å². The molecular weight excluding hydrogens is 384 g/mol. The van der Waals surface area contributed by atoms with Gasteiger partial charge in [0.15, 0.2) is 5.58 Å². The summed E-state index contributed by atoms with van der Waals surface area (Å²) in [5.41, 5.74) is 0.458. The van der Waals surface area contributed by atoms with E-state index in [1.807, 2.05) is 6.07 Å². The number of H-pyrrole nitrogens is 1. The van der Waals surface area contributed by atoms with Gasteiger partial charge in [-0.1, -0.05) is 11.6 Å². The first-order chi connectivity index (χ1) is 13.2. The Bertz CT molecular complexity index is 1400. The van der Waals surface area contributed by atoms with E-state index in [4.69, 9.17) is 16.0 Å². The van der Waals surface area contributed by atoms with Gasteiger partial charge < -0.3 is 9.73 Å². The number of furan rings is 1. The standard InChI is InChI=1S/C19H15ClN4O4/c1-8-4-12(14-16(21-8)24(3)19(27)23-18(14)26)17(25)22-11-6-10-5-9(2)28-15(10)13(20)7-11/h4-7H,1-3H3,(H,22,25)(H,23,26,27). The molecule has 0 aliphatic heterocycles. The minimum absolute atomic E-state index is 0.0385. The Morgan fingerprint density at radius 3 is 2.71 bits per heavy atom. The molecule has 1 amide bonds. The number of hydrogen-bond acceptors (Lipinski definition) is 5. The molecule has 3 heterocycles. The largest absolute Gasteiger partial charge is 0.460 e. The lowest BCUT2D eigenvalue weighted by molar-refractivity contribution is 0.102. The molecule has 4 rings (SSSR count). The molecule has 0 unspecified atom stereocenters. The Morgan fingerprint density at radius 1 is 1.21 bits per heavy atom. The van der Waals surface area contributed by atoms with Crippen LogP contribution in [-0.4, -0.2) is 20.4 Å². The van der Waals surface area contributed by atoms with Gasteiger partial charge in [-0.2, -0.15) is 0 Å². The normalized spacial score (nSPS) is 11.3. The van der Waals surface area contributed by atoms with Crippen molar-refractivity contribution >= 4 is 45.2 Å². The fourth-order valence-corrected chi connectivity index (χ4v) is 3.42. The number of amides is 1. The number of aryl methyl sites for hydroxylation is 3. The lowest BCUT2D eigenvalue weighted by atomic mass is 10.1. The molecule has 1 aromatic carbocycles. The van der Waals surface area contributed by atoms with Gasteiger partial charge in [-0.05, 0) is 38.1 Å². The third-order valence-electron chi connectivity index (χ3n) is 4.39. The number of nitrogens with zero attached hydrogens (tertiary/aromatic N) is 2. The molecule has 0 fully saturated rings. The number of halogens is 1. The van der Waals surface area contributed by atoms with Crippen molar-refractivity contribution in [1.82, 2.24) is 14.5 Å². The molecule has 0 saturated carbocycles. The molecule has 0 saturated heterocycles. The van der Waals surface area contributed by atoms with Gasteiger partial charge in [-0.15, -0.1) is 0 Å². The van der Waals surface area contributed by atoms with Crippen LogP contribution in [0.2, 0.25) is 5.02 Å². The highest BCUT2D eigenvalue weighted by Crippen LogP contribution is 2.30. The molecule has 8 nitrogen and oxygen atoms in total. The Hall–Kier alpha value is -3.39. The van der Waals surface area contributed by atoms with Crippen LogP contribution in [0.4, 0.5) is 5.69 Å². The maximum absolute atomic E-state index is 12.9. The van der Waals surface area contributed by atoms with Gasteiger partial charge in [0.25, 0.3) is 11.5 Å². The number of nitrogens with one attached hydrogen (secondary N) is 2. The van der Waals surface area contributed by atoms with E-state index >= 15 is 0 Å². The number of carbonyl (C=O) groups is 1. The van der Waals surface area contributed by atoms with Gasteiger partial charge >= 0.3 is 5.69 Å². The van der Waals surface area contributed by atoms with Crippen LogP contribution >= 0.6 is 11.6 Å². The number of aromatic nitrogens is 3. The second kappa shape index (κ2) is 6.35. The zero-order valence-electron chi connectivity index (χ0n) is 15.2. The van der Waals surface area contributed by atoms with Crippen molar-refractivity contribution < 1.29 is 9.21 Å². The quantitative estimate of drug-likeness (QED) is 0.539. The van der Waals surface area contributed by atoms with Crippen LogP contribution in [0.5, 0.6) is 0 Å². The van der Waals surface area contributed by atoms with Crippen LogP contribution in [0.1, 0.15) is 21.8 Å². The van der Waals surface area contributed by atoms with Gasteiger partial charge in [-0.3, -0.25) is 19.1 Å². The number of rotatable bonds is 2. The van der Waals surface area contributed by atoms with Crippen molar-refractivity contribution in [1.29, 1.82) is 0 Å². The SMILES string of the molecule is Cc1cc(C(=O)Nc2cc(Cl)c3oc(C)cc3c2)c2c(=O)[nH]c(=O)n(C)c2n1. The van der Waals surface area contributed by atoms with Crippen molar-refractivity contribution in [2.45, 2.75) is 13.8 Å². The lowest BCUT2D eigenvalue weighted by Crippen LogP contribution is -2.30. The van der Waals surface area contributed by atoms with Crippen LogP contribution in [0.15, 0.2) is 38.3 Å². The summed E-state index contributed by atoms with van der Waals surface area (Å²) in [7, 11) is 1.48. The minimum atomic E-state index is -0.672. The third-order valence-corrected chi connectivity index (χ3v) is 4.68. The average Bonchev–Trinajstić information content (AvgIpc) is 2.99. The summed E-state index contributed by atoms with van der Waals surface area (Å²) in [6, 6.07) is 6.61. The average molecular weight is 399 g/mol. The van der Waals surface area contributed by atoms with Crippen LogP contribution in [0, 0.1) is 13.8 Å². The summed E-state index contributed by atoms with van der Waals surface area (Å²) < 4.78 is 6.72. The van der Waals surface area contributed by atoms with Crippen molar-refractivity contribution in [3.63, 3.8) is 0 Å². The van der Waals surface area contributed by atoms with Crippen LogP contribution < -0.4 is 16.6 Å². The topological polar surface area (TPSA) is 110 Å². The Balaban J connectivity index is 1.85. The van der Waals surface area contributed by atoms with Gasteiger partial charge in [-0.25, -0.2) is 9.78 Å². The summed E-state index contributed by atoms with van der Waals surface area (Å²) in [5, 5.41) is 3.89. The molecule has 0 radical (unpaired) electrons. The molecule has 4 aromatic rings. The van der Waals surface area contributed by atoms with E-state index in [2.05, 4.69) is 15.3 Å². The number of hydrogen-bond donors (Lipinski definition) is 2. The van der Waals surface area contributed by atoms with Crippen molar-refractivity contribution in [2.75, 3.05) is 5.32 Å². The molecule has 0 bridgehead atoms. The molecule has 142 valence electrons. The third kappa shape index (κ3) is 2.87. The van der Waals surface area contributed by atoms with E-state index in [9.17, 15) is 14.4 Å². The number of pyridine rings is 1. The number of aromatic amines is 1. The number of anilines is 1. The van der Waals surface area contributed by atoms with E-state index < -0.39 is 17.2 Å². The molecule has 28 heavy (non-hydrogen) atoms. The Kier molecular flexibility index (Phi) is 4.08. The zero-order chi connectivity index (χ0) is 20.2. The predicted octanol–water partition coefficient (Wildman–Crippen LogP) is 2.89. The second-order valence-electron chi connectivity index (χ2n) is 6.52. The first-order valence-electron chi connectivity index (χ1n) is 8.36. The molecule has 0 aliphatic carbocycles. The summed E-state index contributed by atoms with van der Waals surface area (Å²) in [4.78, 5) is 43.6. The van der Waals surface area contributed by atoms with E-state index in [0.717, 1.165) is 5.39 Å². The van der Waals surface area contributed by atoms with Crippen molar-refractivity contribution in [3.05, 3.63) is 67.1 Å². The van der Waals surface area contributed by atoms with Crippen LogP contribution in [-0.2, 0) is 7.05 Å². The second-order valence-corrected chi connectivity index (χ2v) is 6.92. The van der Waals surface area contributed by atoms with Gasteiger partial charge in [0.1, 0.15) is 11.4 Å². The lowest BCUT2D eigenvalue weighted by Gasteiger charge is -2.10. The summed E-state index contributed by atoms with van der Waals surface area (Å²) in [6.07, 6.45) is 0. The Labute approximate surface area is 162 Å². The van der Waals surface area contributed by atoms with Crippen LogP contribution in [0.25, 0.3) is 22.0 Å². The highest BCUT2D eigenvalue weighted by atomic mass is 35.5. The fourth-order valence-electron chi connectivity index (χ4n) is 3.15.